The van der Waals surface area contributed by atoms with E-state index in [1.54, 1.807) is 29.2 Å². The monoisotopic (exact) mass is 391 g/mol. The summed E-state index contributed by atoms with van der Waals surface area (Å²) in [7, 11) is 0. The number of anilines is 2. The average Bonchev–Trinajstić information content (AvgIpc) is 3.29. The molecule has 0 unspecified atom stereocenters. The van der Waals surface area contributed by atoms with Crippen molar-refractivity contribution in [3.63, 3.8) is 0 Å². The number of amides is 2. The molecule has 1 aliphatic heterocycles. The van der Waals surface area contributed by atoms with Crippen LogP contribution in [0.5, 0.6) is 0 Å². The molecule has 0 spiro atoms. The Bertz CT molecular complexity index is 993. The first-order chi connectivity index (χ1) is 14.1. The average molecular weight is 391 g/mol. The summed E-state index contributed by atoms with van der Waals surface area (Å²) in [6.45, 7) is 4.34. The number of nitrogens with zero attached hydrogens (tertiary/aromatic N) is 4. The van der Waals surface area contributed by atoms with Gasteiger partial charge in [0.25, 0.3) is 11.8 Å². The molecule has 1 aromatic carbocycles. The molecule has 1 N–H and O–H groups in total. The highest BCUT2D eigenvalue weighted by atomic mass is 16.3. The van der Waals surface area contributed by atoms with Crippen molar-refractivity contribution >= 4 is 23.5 Å². The minimum absolute atomic E-state index is 0.102. The van der Waals surface area contributed by atoms with E-state index in [9.17, 15) is 9.59 Å². The molecule has 1 fully saturated rings. The van der Waals surface area contributed by atoms with Gasteiger partial charge in [-0.3, -0.25) is 9.59 Å². The number of nitrogens with one attached hydrogen (secondary N) is 1. The molecule has 0 aliphatic carbocycles. The van der Waals surface area contributed by atoms with Gasteiger partial charge in [0, 0.05) is 31.7 Å². The highest BCUT2D eigenvalue weighted by Gasteiger charge is 2.24. The highest BCUT2D eigenvalue weighted by Crippen LogP contribution is 2.17. The minimum Gasteiger partial charge on any atom is -0.459 e. The lowest BCUT2D eigenvalue weighted by Gasteiger charge is -2.34. The number of aromatic nitrogens is 2. The zero-order valence-corrected chi connectivity index (χ0v) is 16.0. The molecule has 0 bridgehead atoms. The maximum atomic E-state index is 12.4. The number of carbonyl (C=O) groups is 2. The lowest BCUT2D eigenvalue weighted by molar-refractivity contribution is 0.0714. The third kappa shape index (κ3) is 4.11. The molecule has 148 valence electrons. The van der Waals surface area contributed by atoms with Crippen molar-refractivity contribution in [1.82, 2.24) is 15.1 Å². The predicted octanol–water partition coefficient (Wildman–Crippen LogP) is 2.59. The highest BCUT2D eigenvalue weighted by molar-refractivity contribution is 6.04. The van der Waals surface area contributed by atoms with Crippen molar-refractivity contribution < 1.29 is 14.0 Å². The summed E-state index contributed by atoms with van der Waals surface area (Å²) in [5, 5.41) is 11.1. The van der Waals surface area contributed by atoms with E-state index < -0.39 is 0 Å². The minimum atomic E-state index is -0.213. The molecule has 8 heteroatoms. The molecular formula is C21H21N5O3. The number of rotatable bonds is 4. The van der Waals surface area contributed by atoms with E-state index in [1.165, 1.54) is 6.26 Å². The number of furan rings is 1. The largest absolute Gasteiger partial charge is 0.459 e. The van der Waals surface area contributed by atoms with E-state index in [2.05, 4.69) is 20.4 Å². The SMILES string of the molecule is Cc1ccccc1C(=O)Nc1ccc(N2CCN(C(=O)c3ccco3)CC2)nn1. The lowest BCUT2D eigenvalue weighted by Crippen LogP contribution is -2.49. The Kier molecular flexibility index (Phi) is 5.24. The van der Waals surface area contributed by atoms with Crippen molar-refractivity contribution in [3.05, 3.63) is 71.7 Å². The Labute approximate surface area is 168 Å². The fraction of sp³-hybridized carbons (Fsp3) is 0.238. The Balaban J connectivity index is 1.35. The Morgan fingerprint density at radius 3 is 2.41 bits per heavy atom. The van der Waals surface area contributed by atoms with Crippen LogP contribution in [-0.2, 0) is 0 Å². The Morgan fingerprint density at radius 1 is 0.966 bits per heavy atom. The number of hydrogen-bond acceptors (Lipinski definition) is 6. The van der Waals surface area contributed by atoms with E-state index in [-0.39, 0.29) is 11.8 Å². The van der Waals surface area contributed by atoms with E-state index in [4.69, 9.17) is 4.42 Å². The van der Waals surface area contributed by atoms with Crippen LogP contribution in [-0.4, -0.2) is 53.1 Å². The Hall–Kier alpha value is -3.68. The molecule has 2 amide bonds. The second kappa shape index (κ2) is 8.14. The van der Waals surface area contributed by atoms with E-state index in [0.717, 1.165) is 5.56 Å². The van der Waals surface area contributed by atoms with Gasteiger partial charge >= 0.3 is 0 Å². The van der Waals surface area contributed by atoms with Crippen molar-refractivity contribution in [3.8, 4) is 0 Å². The number of carbonyl (C=O) groups excluding carboxylic acids is 2. The van der Waals surface area contributed by atoms with Gasteiger partial charge in [0.15, 0.2) is 17.4 Å². The van der Waals surface area contributed by atoms with Crippen LogP contribution >= 0.6 is 0 Å². The second-order valence-electron chi connectivity index (χ2n) is 6.80. The van der Waals surface area contributed by atoms with Crippen molar-refractivity contribution in [2.45, 2.75) is 6.92 Å². The first kappa shape index (κ1) is 18.7. The summed E-state index contributed by atoms with van der Waals surface area (Å²) in [5.74, 6) is 1.15. The molecule has 29 heavy (non-hydrogen) atoms. The molecule has 8 nitrogen and oxygen atoms in total. The molecule has 3 heterocycles. The topological polar surface area (TPSA) is 91.6 Å². The maximum Gasteiger partial charge on any atom is 0.289 e. The van der Waals surface area contributed by atoms with Crippen LogP contribution in [0.1, 0.15) is 26.5 Å². The lowest BCUT2D eigenvalue weighted by atomic mass is 10.1. The first-order valence-corrected chi connectivity index (χ1v) is 9.40. The van der Waals surface area contributed by atoms with Crippen molar-refractivity contribution in [2.24, 2.45) is 0 Å². The number of hydrogen-bond donors (Lipinski definition) is 1. The van der Waals surface area contributed by atoms with Gasteiger partial charge in [-0.2, -0.15) is 0 Å². The number of piperazine rings is 1. The third-order valence-electron chi connectivity index (χ3n) is 4.90. The van der Waals surface area contributed by atoms with E-state index in [0.29, 0.717) is 49.1 Å². The fourth-order valence-corrected chi connectivity index (χ4v) is 3.27. The molecule has 0 saturated carbocycles. The van der Waals surface area contributed by atoms with Crippen LogP contribution in [0, 0.1) is 6.92 Å². The van der Waals surface area contributed by atoms with Gasteiger partial charge in [0.1, 0.15) is 0 Å². The zero-order chi connectivity index (χ0) is 20.2. The normalized spacial score (nSPS) is 14.0. The van der Waals surface area contributed by atoms with Crippen LogP contribution in [0.15, 0.2) is 59.2 Å². The summed E-state index contributed by atoms with van der Waals surface area (Å²) < 4.78 is 5.18. The van der Waals surface area contributed by atoms with Gasteiger partial charge in [-0.25, -0.2) is 0 Å². The summed E-state index contributed by atoms with van der Waals surface area (Å²) in [6, 6.07) is 14.3. The first-order valence-electron chi connectivity index (χ1n) is 9.40. The maximum absolute atomic E-state index is 12.4. The van der Waals surface area contributed by atoms with Crippen LogP contribution in [0.25, 0.3) is 0 Å². The van der Waals surface area contributed by atoms with Gasteiger partial charge in [-0.15, -0.1) is 10.2 Å². The summed E-state index contributed by atoms with van der Waals surface area (Å²) in [5.41, 5.74) is 1.51. The molecule has 2 aromatic heterocycles. The molecule has 1 saturated heterocycles. The van der Waals surface area contributed by atoms with Crippen LogP contribution in [0.3, 0.4) is 0 Å². The van der Waals surface area contributed by atoms with Gasteiger partial charge < -0.3 is 19.5 Å². The summed E-state index contributed by atoms with van der Waals surface area (Å²) >= 11 is 0. The molecule has 3 aromatic rings. The third-order valence-corrected chi connectivity index (χ3v) is 4.90. The smallest absolute Gasteiger partial charge is 0.289 e. The predicted molar refractivity (Wildman–Crippen MR) is 108 cm³/mol. The zero-order valence-electron chi connectivity index (χ0n) is 16.0. The standard InChI is InChI=1S/C21H21N5O3/c1-15-5-2-3-6-16(15)20(27)22-18-8-9-19(24-23-18)25-10-12-26(13-11-25)21(28)17-7-4-14-29-17/h2-9,14H,10-13H2,1H3,(H,22,23,27). The van der Waals surface area contributed by atoms with Gasteiger partial charge in [-0.05, 0) is 42.8 Å². The van der Waals surface area contributed by atoms with Gasteiger partial charge in [0.05, 0.1) is 6.26 Å². The molecule has 0 atom stereocenters. The van der Waals surface area contributed by atoms with E-state index >= 15 is 0 Å². The molecule has 0 radical (unpaired) electrons. The van der Waals surface area contributed by atoms with E-state index in [1.807, 2.05) is 31.2 Å². The van der Waals surface area contributed by atoms with Crippen molar-refractivity contribution in [2.75, 3.05) is 36.4 Å². The summed E-state index contributed by atoms with van der Waals surface area (Å²) in [6.07, 6.45) is 1.50. The second-order valence-corrected chi connectivity index (χ2v) is 6.80. The number of aryl methyl sites for hydroxylation is 1. The number of benzene rings is 1. The quantitative estimate of drug-likeness (QED) is 0.735. The molecule has 1 aliphatic rings. The molecular weight excluding hydrogens is 370 g/mol. The van der Waals surface area contributed by atoms with Crippen LogP contribution < -0.4 is 10.2 Å². The van der Waals surface area contributed by atoms with Gasteiger partial charge in [-0.1, -0.05) is 18.2 Å². The molecule has 4 rings (SSSR count). The van der Waals surface area contributed by atoms with Gasteiger partial charge in [0.2, 0.25) is 0 Å². The summed E-state index contributed by atoms with van der Waals surface area (Å²) in [4.78, 5) is 28.5. The Morgan fingerprint density at radius 2 is 1.76 bits per heavy atom. The van der Waals surface area contributed by atoms with Crippen LogP contribution in [0.2, 0.25) is 0 Å². The van der Waals surface area contributed by atoms with Crippen molar-refractivity contribution in [1.29, 1.82) is 0 Å². The fourth-order valence-electron chi connectivity index (χ4n) is 3.27. The van der Waals surface area contributed by atoms with Crippen LogP contribution in [0.4, 0.5) is 11.6 Å².